The lowest BCUT2D eigenvalue weighted by molar-refractivity contribution is 0.0500. The first-order chi connectivity index (χ1) is 11.1. The average molecular weight is 354 g/mol. The van der Waals surface area contributed by atoms with Crippen molar-refractivity contribution in [3.05, 3.63) is 29.8 Å². The molecule has 1 fully saturated rings. The molecule has 0 bridgehead atoms. The summed E-state index contributed by atoms with van der Waals surface area (Å²) in [6.45, 7) is 7.28. The van der Waals surface area contributed by atoms with E-state index in [-0.39, 0.29) is 17.0 Å². The van der Waals surface area contributed by atoms with Crippen molar-refractivity contribution in [3.8, 4) is 0 Å². The van der Waals surface area contributed by atoms with Gasteiger partial charge in [0, 0.05) is 12.1 Å². The van der Waals surface area contributed by atoms with Crippen LogP contribution in [0.25, 0.3) is 0 Å². The van der Waals surface area contributed by atoms with Gasteiger partial charge in [-0.1, -0.05) is 17.7 Å². The molecule has 134 valence electrons. The Morgan fingerprint density at radius 2 is 1.71 bits per heavy atom. The molecule has 7 heteroatoms. The lowest BCUT2D eigenvalue weighted by Crippen LogP contribution is -2.49. The van der Waals surface area contributed by atoms with Crippen molar-refractivity contribution in [2.45, 2.75) is 69.5 Å². The molecule has 1 amide bonds. The van der Waals surface area contributed by atoms with Gasteiger partial charge in [0.1, 0.15) is 5.60 Å². The van der Waals surface area contributed by atoms with Crippen molar-refractivity contribution in [2.24, 2.45) is 0 Å². The van der Waals surface area contributed by atoms with Crippen molar-refractivity contribution < 1.29 is 17.9 Å². The highest BCUT2D eigenvalue weighted by Crippen LogP contribution is 2.22. The van der Waals surface area contributed by atoms with Crippen LogP contribution >= 0.6 is 0 Å². The van der Waals surface area contributed by atoms with E-state index in [1.165, 1.54) is 0 Å². The molecule has 0 aromatic heterocycles. The molecule has 2 atom stereocenters. The van der Waals surface area contributed by atoms with E-state index < -0.39 is 21.7 Å². The Labute approximate surface area is 144 Å². The van der Waals surface area contributed by atoms with Crippen molar-refractivity contribution in [1.29, 1.82) is 0 Å². The van der Waals surface area contributed by atoms with E-state index in [1.54, 1.807) is 45.0 Å². The predicted molar refractivity (Wildman–Crippen MR) is 92.3 cm³/mol. The number of hydrogen-bond acceptors (Lipinski definition) is 4. The van der Waals surface area contributed by atoms with Gasteiger partial charge in [-0.2, -0.15) is 0 Å². The fraction of sp³-hybridized carbons (Fsp3) is 0.588. The van der Waals surface area contributed by atoms with Crippen molar-refractivity contribution in [2.75, 3.05) is 0 Å². The number of alkyl carbamates (subject to hydrolysis) is 1. The van der Waals surface area contributed by atoms with Gasteiger partial charge in [-0.3, -0.25) is 0 Å². The summed E-state index contributed by atoms with van der Waals surface area (Å²) in [5.74, 6) is 0. The maximum Gasteiger partial charge on any atom is 0.407 e. The number of ether oxygens (including phenoxy) is 1. The van der Waals surface area contributed by atoms with Crippen LogP contribution in [0.5, 0.6) is 0 Å². The summed E-state index contributed by atoms with van der Waals surface area (Å²) in [5, 5.41) is 2.78. The molecule has 1 aromatic rings. The van der Waals surface area contributed by atoms with Gasteiger partial charge in [-0.25, -0.2) is 17.9 Å². The van der Waals surface area contributed by atoms with Gasteiger partial charge in [0.15, 0.2) is 0 Å². The number of aryl methyl sites for hydroxylation is 1. The van der Waals surface area contributed by atoms with Crippen LogP contribution in [0.2, 0.25) is 0 Å². The lowest BCUT2D eigenvalue weighted by atomic mass is 10.2. The van der Waals surface area contributed by atoms with E-state index in [0.717, 1.165) is 18.4 Å². The van der Waals surface area contributed by atoms with Crippen molar-refractivity contribution >= 4 is 16.1 Å². The normalized spacial score (nSPS) is 21.5. The van der Waals surface area contributed by atoms with Crippen LogP contribution in [0, 0.1) is 6.92 Å². The number of nitrogens with one attached hydrogen (secondary N) is 2. The van der Waals surface area contributed by atoms with E-state index in [9.17, 15) is 13.2 Å². The minimum absolute atomic E-state index is 0.232. The SMILES string of the molecule is Cc1ccc(S(=O)(=O)NC2CCCC2NC(=O)OC(C)(C)C)cc1. The van der Waals surface area contributed by atoms with Gasteiger partial charge in [0.2, 0.25) is 10.0 Å². The van der Waals surface area contributed by atoms with Crippen LogP contribution in [0.4, 0.5) is 4.79 Å². The summed E-state index contributed by atoms with van der Waals surface area (Å²) in [7, 11) is -3.61. The Morgan fingerprint density at radius 1 is 1.12 bits per heavy atom. The van der Waals surface area contributed by atoms with E-state index in [0.29, 0.717) is 6.42 Å². The summed E-state index contributed by atoms with van der Waals surface area (Å²) in [6.07, 6.45) is 1.74. The van der Waals surface area contributed by atoms with E-state index >= 15 is 0 Å². The van der Waals surface area contributed by atoms with Crippen LogP contribution in [0.15, 0.2) is 29.2 Å². The number of sulfonamides is 1. The Balaban J connectivity index is 2.02. The summed E-state index contributed by atoms with van der Waals surface area (Å²) >= 11 is 0. The molecule has 1 aliphatic rings. The summed E-state index contributed by atoms with van der Waals surface area (Å²) < 4.78 is 33.0. The number of carbonyl (C=O) groups is 1. The van der Waals surface area contributed by atoms with E-state index in [1.807, 2.05) is 6.92 Å². The Kier molecular flexibility index (Phi) is 5.55. The third kappa shape index (κ3) is 5.21. The molecule has 2 unspecified atom stereocenters. The topological polar surface area (TPSA) is 84.5 Å². The monoisotopic (exact) mass is 354 g/mol. The predicted octanol–water partition coefficient (Wildman–Crippen LogP) is 2.72. The fourth-order valence-corrected chi connectivity index (χ4v) is 4.03. The van der Waals surface area contributed by atoms with Crippen LogP contribution in [-0.2, 0) is 14.8 Å². The maximum atomic E-state index is 12.5. The Bertz CT molecular complexity index is 678. The molecule has 1 saturated carbocycles. The van der Waals surface area contributed by atoms with E-state index in [4.69, 9.17) is 4.74 Å². The molecule has 2 rings (SSSR count). The largest absolute Gasteiger partial charge is 0.444 e. The zero-order chi connectivity index (χ0) is 18.0. The molecule has 0 radical (unpaired) electrons. The van der Waals surface area contributed by atoms with Gasteiger partial charge in [-0.05, 0) is 59.1 Å². The third-order valence-electron chi connectivity index (χ3n) is 3.86. The smallest absolute Gasteiger partial charge is 0.407 e. The molecule has 0 aliphatic heterocycles. The summed E-state index contributed by atoms with van der Waals surface area (Å²) in [5.41, 5.74) is 0.416. The second-order valence-corrected chi connectivity index (χ2v) is 8.94. The molecular weight excluding hydrogens is 328 g/mol. The van der Waals surface area contributed by atoms with Crippen LogP contribution < -0.4 is 10.0 Å². The first kappa shape index (κ1) is 18.7. The van der Waals surface area contributed by atoms with Gasteiger partial charge in [-0.15, -0.1) is 0 Å². The second kappa shape index (κ2) is 7.11. The zero-order valence-corrected chi connectivity index (χ0v) is 15.4. The lowest BCUT2D eigenvalue weighted by Gasteiger charge is -2.25. The van der Waals surface area contributed by atoms with Crippen LogP contribution in [0.1, 0.15) is 45.6 Å². The maximum absolute atomic E-state index is 12.5. The van der Waals surface area contributed by atoms with Crippen molar-refractivity contribution in [1.82, 2.24) is 10.0 Å². The minimum Gasteiger partial charge on any atom is -0.444 e. The van der Waals surface area contributed by atoms with Gasteiger partial charge in [0.05, 0.1) is 4.90 Å². The molecule has 1 aliphatic carbocycles. The molecule has 2 N–H and O–H groups in total. The van der Waals surface area contributed by atoms with Gasteiger partial charge in [0.25, 0.3) is 0 Å². The zero-order valence-electron chi connectivity index (χ0n) is 14.6. The molecule has 1 aromatic carbocycles. The first-order valence-electron chi connectivity index (χ1n) is 8.15. The van der Waals surface area contributed by atoms with Crippen molar-refractivity contribution in [3.63, 3.8) is 0 Å². The molecule has 6 nitrogen and oxygen atoms in total. The van der Waals surface area contributed by atoms with Crippen LogP contribution in [-0.4, -0.2) is 32.2 Å². The minimum atomic E-state index is -3.61. The fourth-order valence-electron chi connectivity index (χ4n) is 2.72. The number of hydrogen-bond donors (Lipinski definition) is 2. The highest BCUT2D eigenvalue weighted by Gasteiger charge is 2.33. The molecule has 0 spiro atoms. The number of benzene rings is 1. The number of carbonyl (C=O) groups excluding carboxylic acids is 1. The first-order valence-corrected chi connectivity index (χ1v) is 9.64. The average Bonchev–Trinajstić information content (AvgIpc) is 2.83. The number of amides is 1. The van der Waals surface area contributed by atoms with Gasteiger partial charge >= 0.3 is 6.09 Å². The standard InChI is InChI=1S/C17H26N2O4S/c1-12-8-10-13(11-9-12)24(21,22)19-15-7-5-6-14(15)18-16(20)23-17(2,3)4/h8-11,14-15,19H,5-7H2,1-4H3,(H,18,20). The molecular formula is C17H26N2O4S. The highest BCUT2D eigenvalue weighted by atomic mass is 32.2. The highest BCUT2D eigenvalue weighted by molar-refractivity contribution is 7.89. The summed E-state index contributed by atoms with van der Waals surface area (Å²) in [6, 6.07) is 6.11. The molecule has 0 saturated heterocycles. The van der Waals surface area contributed by atoms with Gasteiger partial charge < -0.3 is 10.1 Å². The third-order valence-corrected chi connectivity index (χ3v) is 5.36. The second-order valence-electron chi connectivity index (χ2n) is 7.22. The van der Waals surface area contributed by atoms with E-state index in [2.05, 4.69) is 10.0 Å². The number of rotatable bonds is 4. The molecule has 0 heterocycles. The Hall–Kier alpha value is -1.60. The summed E-state index contributed by atoms with van der Waals surface area (Å²) in [4.78, 5) is 12.2. The Morgan fingerprint density at radius 3 is 2.29 bits per heavy atom. The molecule has 24 heavy (non-hydrogen) atoms. The quantitative estimate of drug-likeness (QED) is 0.871. The van der Waals surface area contributed by atoms with Crippen LogP contribution in [0.3, 0.4) is 0 Å².